The minimum atomic E-state index is -0.0870. The summed E-state index contributed by atoms with van der Waals surface area (Å²) in [4.78, 5) is 18.1. The number of hydrogen-bond acceptors (Lipinski definition) is 3. The fourth-order valence-corrected chi connectivity index (χ4v) is 4.18. The first-order chi connectivity index (χ1) is 13.5. The minimum absolute atomic E-state index is 0.0870. The summed E-state index contributed by atoms with van der Waals surface area (Å²) >= 11 is 0. The molecule has 2 heterocycles. The third-order valence-corrected chi connectivity index (χ3v) is 5.42. The van der Waals surface area contributed by atoms with Crippen LogP contribution < -0.4 is 0 Å². The highest BCUT2D eigenvalue weighted by Crippen LogP contribution is 2.39. The Morgan fingerprint density at radius 2 is 1.54 bits per heavy atom. The zero-order chi connectivity index (χ0) is 19.3. The van der Waals surface area contributed by atoms with Crippen molar-refractivity contribution in [2.75, 3.05) is 0 Å². The first kappa shape index (κ1) is 16.9. The van der Waals surface area contributed by atoms with Crippen LogP contribution in [0.4, 0.5) is 0 Å². The van der Waals surface area contributed by atoms with E-state index in [4.69, 9.17) is 4.98 Å². The standard InChI is InChI=1S/C24H21N3O/c1-24(2)13-19-21(20(28)14-24)22(17-11-7-4-8-12-17)27-23(26-19)18(15-25-27)16-9-5-3-6-10-16/h3-12,15H,13-14H2,1-2H3. The van der Waals surface area contributed by atoms with Crippen LogP contribution in [-0.2, 0) is 6.42 Å². The van der Waals surface area contributed by atoms with Crippen molar-refractivity contribution >= 4 is 11.4 Å². The quantitative estimate of drug-likeness (QED) is 0.488. The summed E-state index contributed by atoms with van der Waals surface area (Å²) in [6.45, 7) is 4.27. The average Bonchev–Trinajstić information content (AvgIpc) is 3.10. The van der Waals surface area contributed by atoms with Gasteiger partial charge in [-0.2, -0.15) is 5.10 Å². The van der Waals surface area contributed by atoms with Gasteiger partial charge in [0.25, 0.3) is 0 Å². The van der Waals surface area contributed by atoms with Gasteiger partial charge in [0, 0.05) is 17.5 Å². The van der Waals surface area contributed by atoms with Gasteiger partial charge < -0.3 is 0 Å². The second-order valence-corrected chi connectivity index (χ2v) is 8.25. The number of carbonyl (C=O) groups excluding carboxylic acids is 1. The molecule has 0 fully saturated rings. The molecule has 0 bridgehead atoms. The smallest absolute Gasteiger partial charge is 0.167 e. The molecule has 0 radical (unpaired) electrons. The van der Waals surface area contributed by atoms with E-state index >= 15 is 0 Å². The molecule has 0 unspecified atom stereocenters. The van der Waals surface area contributed by atoms with Gasteiger partial charge in [-0.25, -0.2) is 9.50 Å². The first-order valence-corrected chi connectivity index (χ1v) is 9.58. The molecule has 0 amide bonds. The van der Waals surface area contributed by atoms with Crippen LogP contribution in [-0.4, -0.2) is 20.4 Å². The predicted octanol–water partition coefficient (Wildman–Crippen LogP) is 5.22. The molecule has 28 heavy (non-hydrogen) atoms. The van der Waals surface area contributed by atoms with E-state index in [1.54, 1.807) is 0 Å². The summed E-state index contributed by atoms with van der Waals surface area (Å²) in [6.07, 6.45) is 3.16. The number of hydrogen-bond donors (Lipinski definition) is 0. The van der Waals surface area contributed by atoms with Gasteiger partial charge in [-0.1, -0.05) is 74.5 Å². The molecule has 0 N–H and O–H groups in total. The van der Waals surface area contributed by atoms with Gasteiger partial charge in [0.2, 0.25) is 0 Å². The lowest BCUT2D eigenvalue weighted by molar-refractivity contribution is 0.0910. The monoisotopic (exact) mass is 367 g/mol. The van der Waals surface area contributed by atoms with E-state index in [9.17, 15) is 4.79 Å². The van der Waals surface area contributed by atoms with Gasteiger partial charge in [-0.05, 0) is 17.4 Å². The lowest BCUT2D eigenvalue weighted by atomic mass is 9.75. The van der Waals surface area contributed by atoms with Gasteiger partial charge in [0.15, 0.2) is 11.4 Å². The normalized spacial score (nSPS) is 15.6. The Bertz CT molecular complexity index is 1190. The summed E-state index contributed by atoms with van der Waals surface area (Å²) < 4.78 is 1.84. The molecule has 2 aromatic carbocycles. The molecule has 4 aromatic rings. The number of carbonyl (C=O) groups is 1. The molecule has 2 aromatic heterocycles. The lowest BCUT2D eigenvalue weighted by Crippen LogP contribution is -2.29. The maximum atomic E-state index is 13.1. The Balaban J connectivity index is 1.87. The number of benzene rings is 2. The number of ketones is 1. The number of rotatable bonds is 2. The fraction of sp³-hybridized carbons (Fsp3) is 0.208. The fourth-order valence-electron chi connectivity index (χ4n) is 4.18. The topological polar surface area (TPSA) is 47.3 Å². The number of Topliss-reactive ketones (excluding diaryl/α,β-unsaturated/α-hetero) is 1. The average molecular weight is 367 g/mol. The van der Waals surface area contributed by atoms with E-state index in [-0.39, 0.29) is 11.2 Å². The van der Waals surface area contributed by atoms with Crippen LogP contribution in [0.25, 0.3) is 28.0 Å². The largest absolute Gasteiger partial charge is 0.294 e. The maximum absolute atomic E-state index is 13.1. The van der Waals surface area contributed by atoms with Crippen molar-refractivity contribution in [2.45, 2.75) is 26.7 Å². The van der Waals surface area contributed by atoms with E-state index in [0.717, 1.165) is 45.7 Å². The van der Waals surface area contributed by atoms with Crippen LogP contribution in [0.5, 0.6) is 0 Å². The van der Waals surface area contributed by atoms with E-state index in [2.05, 4.69) is 31.1 Å². The number of fused-ring (bicyclic) bond motifs is 2. The SMILES string of the molecule is CC1(C)CC(=O)c2c(nc3c(-c4ccccc4)cnn3c2-c2ccccc2)C1. The van der Waals surface area contributed by atoms with E-state index in [0.29, 0.717) is 6.42 Å². The van der Waals surface area contributed by atoms with Crippen molar-refractivity contribution in [1.29, 1.82) is 0 Å². The van der Waals surface area contributed by atoms with E-state index in [1.165, 1.54) is 0 Å². The third-order valence-electron chi connectivity index (χ3n) is 5.42. The molecule has 0 spiro atoms. The molecule has 0 aliphatic heterocycles. The van der Waals surface area contributed by atoms with Gasteiger partial charge in [-0.3, -0.25) is 4.79 Å². The summed E-state index contributed by atoms with van der Waals surface area (Å²) in [6, 6.07) is 20.2. The van der Waals surface area contributed by atoms with Gasteiger partial charge >= 0.3 is 0 Å². The van der Waals surface area contributed by atoms with Crippen molar-refractivity contribution in [3.63, 3.8) is 0 Å². The van der Waals surface area contributed by atoms with Crippen LogP contribution in [0.3, 0.4) is 0 Å². The second kappa shape index (κ2) is 6.13. The van der Waals surface area contributed by atoms with Crippen molar-refractivity contribution in [3.8, 4) is 22.4 Å². The molecule has 1 aliphatic carbocycles. The first-order valence-electron chi connectivity index (χ1n) is 9.58. The molecule has 138 valence electrons. The molecule has 5 rings (SSSR count). The summed E-state index contributed by atoms with van der Waals surface area (Å²) in [7, 11) is 0. The third kappa shape index (κ3) is 2.64. The zero-order valence-corrected chi connectivity index (χ0v) is 16.0. The van der Waals surface area contributed by atoms with E-state index < -0.39 is 0 Å². The van der Waals surface area contributed by atoms with Crippen molar-refractivity contribution < 1.29 is 4.79 Å². The van der Waals surface area contributed by atoms with Gasteiger partial charge in [0.1, 0.15) is 0 Å². The van der Waals surface area contributed by atoms with Crippen molar-refractivity contribution in [2.24, 2.45) is 5.41 Å². The number of aromatic nitrogens is 3. The highest BCUT2D eigenvalue weighted by Gasteiger charge is 2.35. The predicted molar refractivity (Wildman–Crippen MR) is 110 cm³/mol. The highest BCUT2D eigenvalue weighted by molar-refractivity contribution is 6.04. The minimum Gasteiger partial charge on any atom is -0.294 e. The summed E-state index contributed by atoms with van der Waals surface area (Å²) in [5.74, 6) is 0.149. The highest BCUT2D eigenvalue weighted by atomic mass is 16.1. The molecule has 0 saturated carbocycles. The Morgan fingerprint density at radius 3 is 2.21 bits per heavy atom. The zero-order valence-electron chi connectivity index (χ0n) is 16.0. The second-order valence-electron chi connectivity index (χ2n) is 8.25. The van der Waals surface area contributed by atoms with E-state index in [1.807, 2.05) is 59.2 Å². The molecule has 0 saturated heterocycles. The maximum Gasteiger partial charge on any atom is 0.167 e. The molecule has 4 nitrogen and oxygen atoms in total. The van der Waals surface area contributed by atoms with Crippen LogP contribution in [0.1, 0.15) is 36.3 Å². The molecular weight excluding hydrogens is 346 g/mol. The van der Waals surface area contributed by atoms with Crippen LogP contribution in [0.15, 0.2) is 66.9 Å². The van der Waals surface area contributed by atoms with Crippen molar-refractivity contribution in [3.05, 3.63) is 78.1 Å². The Labute approximate surface area is 163 Å². The van der Waals surface area contributed by atoms with Crippen molar-refractivity contribution in [1.82, 2.24) is 14.6 Å². The molecule has 1 aliphatic rings. The van der Waals surface area contributed by atoms with Crippen LogP contribution in [0.2, 0.25) is 0 Å². The number of nitrogens with zero attached hydrogens (tertiary/aromatic N) is 3. The van der Waals surface area contributed by atoms with Crippen LogP contribution in [0, 0.1) is 5.41 Å². The Morgan fingerprint density at radius 1 is 0.893 bits per heavy atom. The van der Waals surface area contributed by atoms with Crippen LogP contribution >= 0.6 is 0 Å². The Kier molecular flexibility index (Phi) is 3.69. The Hall–Kier alpha value is -3.27. The molecule has 0 atom stereocenters. The molecule has 4 heteroatoms. The summed E-state index contributed by atoms with van der Waals surface area (Å²) in [5, 5.41) is 4.65. The van der Waals surface area contributed by atoms with Gasteiger partial charge in [-0.15, -0.1) is 0 Å². The lowest BCUT2D eigenvalue weighted by Gasteiger charge is -2.30. The molecular formula is C24H21N3O. The summed E-state index contributed by atoms with van der Waals surface area (Å²) in [5.41, 5.74) is 6.21. The van der Waals surface area contributed by atoms with Gasteiger partial charge in [0.05, 0.1) is 23.1 Å².